The van der Waals surface area contributed by atoms with Gasteiger partial charge in [0.1, 0.15) is 6.54 Å². The molecule has 1 aromatic heterocycles. The number of pyridine rings is 1. The fourth-order valence-electron chi connectivity index (χ4n) is 2.43. The van der Waals surface area contributed by atoms with Crippen LogP contribution in [0, 0.1) is 5.82 Å². The number of halogens is 4. The molecule has 7 nitrogen and oxygen atoms in total. The van der Waals surface area contributed by atoms with Crippen molar-refractivity contribution in [3.63, 3.8) is 0 Å². The molecule has 2 aromatic rings. The Bertz CT molecular complexity index is 988. The van der Waals surface area contributed by atoms with E-state index in [2.05, 4.69) is 0 Å². The highest BCUT2D eigenvalue weighted by atomic mass is 19.4. The zero-order valence-electron chi connectivity index (χ0n) is 16.0. The summed E-state index contributed by atoms with van der Waals surface area (Å²) >= 11 is 0. The van der Waals surface area contributed by atoms with Crippen molar-refractivity contribution in [2.75, 3.05) is 20.8 Å². The van der Waals surface area contributed by atoms with Crippen molar-refractivity contribution in [2.24, 2.45) is 0 Å². The van der Waals surface area contributed by atoms with E-state index in [1.165, 1.54) is 31.2 Å². The fraction of sp³-hybridized carbons (Fsp3) is 0.316. The summed E-state index contributed by atoms with van der Waals surface area (Å²) in [6, 6.07) is 5.43. The number of nitrogens with zero attached hydrogens (tertiary/aromatic N) is 2. The van der Waals surface area contributed by atoms with Gasteiger partial charge in [0.15, 0.2) is 18.2 Å². The molecule has 0 aliphatic heterocycles. The highest BCUT2D eigenvalue weighted by Crippen LogP contribution is 2.28. The standard InChI is InChI=1S/C19H18F4N2O5/c1-24(8-12-3-5-15(29-2)14(20)7-12)17(27)11-30-18(28)10-25-9-13(19(21,22)23)4-6-16(25)26/h3-7,9H,8,10-11H2,1-2H3. The third-order valence-electron chi connectivity index (χ3n) is 4.03. The normalized spacial score (nSPS) is 11.1. The van der Waals surface area contributed by atoms with Crippen LogP contribution in [0.15, 0.2) is 41.3 Å². The van der Waals surface area contributed by atoms with Crippen LogP contribution in [0.3, 0.4) is 0 Å². The van der Waals surface area contributed by atoms with Gasteiger partial charge in [0.05, 0.1) is 12.7 Å². The SMILES string of the molecule is COc1ccc(CN(C)C(=O)COC(=O)Cn2cc(C(F)(F)F)ccc2=O)cc1F. The van der Waals surface area contributed by atoms with Crippen molar-refractivity contribution >= 4 is 11.9 Å². The molecule has 0 atom stereocenters. The number of alkyl halides is 3. The first-order valence-electron chi connectivity index (χ1n) is 8.51. The van der Waals surface area contributed by atoms with E-state index in [9.17, 15) is 31.9 Å². The first-order valence-corrected chi connectivity index (χ1v) is 8.51. The topological polar surface area (TPSA) is 77.8 Å². The Morgan fingerprint density at radius 3 is 2.47 bits per heavy atom. The number of carbonyl (C=O) groups excluding carboxylic acids is 2. The molecule has 0 bridgehead atoms. The van der Waals surface area contributed by atoms with Crippen LogP contribution in [0.4, 0.5) is 17.6 Å². The second-order valence-corrected chi connectivity index (χ2v) is 6.26. The third kappa shape index (κ3) is 6.06. The zero-order chi connectivity index (χ0) is 22.5. The van der Waals surface area contributed by atoms with Crippen molar-refractivity contribution in [1.82, 2.24) is 9.47 Å². The van der Waals surface area contributed by atoms with Crippen molar-refractivity contribution in [3.8, 4) is 5.75 Å². The Hall–Kier alpha value is -3.37. The number of ether oxygens (including phenoxy) is 2. The maximum absolute atomic E-state index is 13.7. The average Bonchev–Trinajstić information content (AvgIpc) is 2.67. The third-order valence-corrected chi connectivity index (χ3v) is 4.03. The summed E-state index contributed by atoms with van der Waals surface area (Å²) in [5.74, 6) is -2.25. The van der Waals surface area contributed by atoms with Gasteiger partial charge in [-0.05, 0) is 23.8 Å². The van der Waals surface area contributed by atoms with Crippen molar-refractivity contribution in [3.05, 3.63) is 63.8 Å². The molecule has 0 spiro atoms. The fourth-order valence-corrected chi connectivity index (χ4v) is 2.43. The maximum atomic E-state index is 13.7. The molecule has 1 heterocycles. The molecule has 0 radical (unpaired) electrons. The number of aromatic nitrogens is 1. The molecule has 2 rings (SSSR count). The maximum Gasteiger partial charge on any atom is 0.417 e. The number of methoxy groups -OCH3 is 1. The lowest BCUT2D eigenvalue weighted by atomic mass is 10.2. The number of benzene rings is 1. The van der Waals surface area contributed by atoms with E-state index < -0.39 is 48.1 Å². The van der Waals surface area contributed by atoms with E-state index >= 15 is 0 Å². The molecule has 0 aliphatic carbocycles. The van der Waals surface area contributed by atoms with Gasteiger partial charge in [-0.2, -0.15) is 13.2 Å². The number of rotatable bonds is 7. The highest BCUT2D eigenvalue weighted by Gasteiger charge is 2.31. The van der Waals surface area contributed by atoms with Gasteiger partial charge in [0.25, 0.3) is 11.5 Å². The van der Waals surface area contributed by atoms with Crippen LogP contribution in [-0.2, 0) is 33.6 Å². The van der Waals surface area contributed by atoms with Gasteiger partial charge in [-0.25, -0.2) is 4.39 Å². The van der Waals surface area contributed by atoms with E-state index in [1.54, 1.807) is 6.07 Å². The van der Waals surface area contributed by atoms with Gasteiger partial charge >= 0.3 is 12.1 Å². The summed E-state index contributed by atoms with van der Waals surface area (Å²) in [7, 11) is 2.71. The van der Waals surface area contributed by atoms with E-state index in [0.29, 0.717) is 28.5 Å². The molecule has 0 saturated heterocycles. The first kappa shape index (κ1) is 22.9. The van der Waals surface area contributed by atoms with Crippen molar-refractivity contribution < 1.29 is 36.6 Å². The highest BCUT2D eigenvalue weighted by molar-refractivity contribution is 5.80. The average molecular weight is 430 g/mol. The number of carbonyl (C=O) groups is 2. The van der Waals surface area contributed by atoms with Crippen LogP contribution in [0.5, 0.6) is 5.75 Å². The smallest absolute Gasteiger partial charge is 0.417 e. The van der Waals surface area contributed by atoms with Gasteiger partial charge in [0, 0.05) is 25.9 Å². The molecule has 162 valence electrons. The molecule has 30 heavy (non-hydrogen) atoms. The Morgan fingerprint density at radius 2 is 1.87 bits per heavy atom. The summed E-state index contributed by atoms with van der Waals surface area (Å²) in [5.41, 5.74) is -1.46. The van der Waals surface area contributed by atoms with Gasteiger partial charge in [-0.1, -0.05) is 6.07 Å². The lowest BCUT2D eigenvalue weighted by Gasteiger charge is -2.18. The molecule has 0 N–H and O–H groups in total. The van der Waals surface area contributed by atoms with Crippen LogP contribution in [-0.4, -0.2) is 42.1 Å². The first-order chi connectivity index (χ1) is 14.0. The summed E-state index contributed by atoms with van der Waals surface area (Å²) in [6.45, 7) is -1.46. The lowest BCUT2D eigenvalue weighted by molar-refractivity contribution is -0.152. The molecule has 1 aromatic carbocycles. The van der Waals surface area contributed by atoms with Crippen LogP contribution >= 0.6 is 0 Å². The Balaban J connectivity index is 1.92. The molecular weight excluding hydrogens is 412 g/mol. The molecule has 0 unspecified atom stereocenters. The van der Waals surface area contributed by atoms with Crippen LogP contribution < -0.4 is 10.3 Å². The van der Waals surface area contributed by atoms with Crippen molar-refractivity contribution in [1.29, 1.82) is 0 Å². The lowest BCUT2D eigenvalue weighted by Crippen LogP contribution is -2.32. The molecule has 0 aliphatic rings. The summed E-state index contributed by atoms with van der Waals surface area (Å²) in [5, 5.41) is 0. The Kier molecular flexibility index (Phi) is 7.19. The minimum absolute atomic E-state index is 0.0182. The van der Waals surface area contributed by atoms with Gasteiger partial charge in [-0.15, -0.1) is 0 Å². The second kappa shape index (κ2) is 9.42. The van der Waals surface area contributed by atoms with E-state index in [-0.39, 0.29) is 12.3 Å². The van der Waals surface area contributed by atoms with E-state index in [1.807, 2.05) is 0 Å². The minimum Gasteiger partial charge on any atom is -0.494 e. The molecule has 1 amide bonds. The molecule has 11 heteroatoms. The molecular formula is C19H18F4N2O5. The van der Waals surface area contributed by atoms with Gasteiger partial charge in [-0.3, -0.25) is 14.4 Å². The summed E-state index contributed by atoms with van der Waals surface area (Å²) < 4.78 is 61.9. The molecule has 0 saturated carbocycles. The predicted molar refractivity (Wildman–Crippen MR) is 96.1 cm³/mol. The predicted octanol–water partition coefficient (Wildman–Crippen LogP) is 2.22. The number of hydrogen-bond donors (Lipinski definition) is 0. The molecule has 0 fully saturated rings. The quantitative estimate of drug-likeness (QED) is 0.497. The van der Waals surface area contributed by atoms with E-state index in [0.717, 1.165) is 0 Å². The van der Waals surface area contributed by atoms with Gasteiger partial charge < -0.3 is 18.9 Å². The van der Waals surface area contributed by atoms with E-state index in [4.69, 9.17) is 9.47 Å². The number of hydrogen-bond acceptors (Lipinski definition) is 5. The van der Waals surface area contributed by atoms with Crippen molar-refractivity contribution in [2.45, 2.75) is 19.3 Å². The second-order valence-electron chi connectivity index (χ2n) is 6.26. The Morgan fingerprint density at radius 1 is 1.17 bits per heavy atom. The monoisotopic (exact) mass is 430 g/mol. The summed E-state index contributed by atoms with van der Waals surface area (Å²) in [4.78, 5) is 36.7. The Labute approximate surface area is 168 Å². The number of amides is 1. The van der Waals surface area contributed by atoms with Crippen LogP contribution in [0.25, 0.3) is 0 Å². The number of esters is 1. The van der Waals surface area contributed by atoms with Gasteiger partial charge in [0.2, 0.25) is 0 Å². The number of likely N-dealkylation sites (N-methyl/N-ethyl adjacent to an activating group) is 1. The minimum atomic E-state index is -4.68. The van der Waals surface area contributed by atoms with Crippen LogP contribution in [0.1, 0.15) is 11.1 Å². The summed E-state index contributed by atoms with van der Waals surface area (Å²) in [6.07, 6.45) is -4.19. The zero-order valence-corrected chi connectivity index (χ0v) is 16.0. The van der Waals surface area contributed by atoms with Crippen LogP contribution in [0.2, 0.25) is 0 Å². The largest absolute Gasteiger partial charge is 0.494 e.